The van der Waals surface area contributed by atoms with Crippen LogP contribution in [0.15, 0.2) is 6.07 Å². The third-order valence-corrected chi connectivity index (χ3v) is 3.68. The number of ether oxygens (including phenoxy) is 2. The van der Waals surface area contributed by atoms with Gasteiger partial charge in [-0.2, -0.15) is 4.98 Å². The van der Waals surface area contributed by atoms with Crippen LogP contribution in [-0.2, 0) is 0 Å². The molecule has 2 aliphatic heterocycles. The highest BCUT2D eigenvalue weighted by molar-refractivity contribution is 6.32. The van der Waals surface area contributed by atoms with Crippen LogP contribution in [0.5, 0.6) is 11.6 Å². The van der Waals surface area contributed by atoms with Gasteiger partial charge in [-0.15, -0.1) is 0 Å². The fourth-order valence-electron chi connectivity index (χ4n) is 2.50. The first kappa shape index (κ1) is 11.9. The van der Waals surface area contributed by atoms with Crippen LogP contribution in [-0.4, -0.2) is 44.4 Å². The van der Waals surface area contributed by atoms with E-state index < -0.39 is 0 Å². The Labute approximate surface area is 111 Å². The predicted octanol–water partition coefficient (Wildman–Crippen LogP) is 1.30. The van der Waals surface area contributed by atoms with Crippen LogP contribution in [0.3, 0.4) is 0 Å². The van der Waals surface area contributed by atoms with E-state index in [1.807, 2.05) is 0 Å². The summed E-state index contributed by atoms with van der Waals surface area (Å²) >= 11 is 6.09. The minimum Gasteiger partial charge on any atom is -0.490 e. The fraction of sp³-hybridized carbons (Fsp3) is 0.583. The molecule has 0 amide bonds. The lowest BCUT2D eigenvalue weighted by atomic mass is 10.1. The summed E-state index contributed by atoms with van der Waals surface area (Å²) in [6, 6.07) is 2.23. The van der Waals surface area contributed by atoms with Crippen molar-refractivity contribution in [2.75, 3.05) is 38.3 Å². The Kier molecular flexibility index (Phi) is 3.18. The van der Waals surface area contributed by atoms with Crippen LogP contribution in [0.4, 0.5) is 5.82 Å². The Morgan fingerprint density at radius 1 is 1.61 bits per heavy atom. The van der Waals surface area contributed by atoms with Crippen molar-refractivity contribution >= 4 is 17.4 Å². The van der Waals surface area contributed by atoms with Crippen molar-refractivity contribution < 1.29 is 9.47 Å². The summed E-state index contributed by atoms with van der Waals surface area (Å²) in [6.45, 7) is 3.55. The molecular formula is C12H16ClN3O2. The number of rotatable bonds is 1. The van der Waals surface area contributed by atoms with Gasteiger partial charge in [0.2, 0.25) is 5.88 Å². The molecule has 0 radical (unpaired) electrons. The smallest absolute Gasteiger partial charge is 0.234 e. The normalized spacial score (nSPS) is 22.6. The molecule has 0 bridgehead atoms. The molecule has 0 aromatic carbocycles. The largest absolute Gasteiger partial charge is 0.490 e. The molecule has 6 heteroatoms. The number of halogens is 1. The molecule has 1 atom stereocenters. The summed E-state index contributed by atoms with van der Waals surface area (Å²) in [5.74, 6) is 2.06. The van der Waals surface area contributed by atoms with Crippen LogP contribution in [0.1, 0.15) is 6.42 Å². The maximum atomic E-state index is 6.09. The first-order valence-corrected chi connectivity index (χ1v) is 6.52. The molecular weight excluding hydrogens is 254 g/mol. The van der Waals surface area contributed by atoms with Gasteiger partial charge in [-0.3, -0.25) is 0 Å². The summed E-state index contributed by atoms with van der Waals surface area (Å²) in [4.78, 5) is 6.78. The highest BCUT2D eigenvalue weighted by Crippen LogP contribution is 2.37. The number of nitrogens with zero attached hydrogens (tertiary/aromatic N) is 2. The standard InChI is InChI=1S/C12H16ClN3O2/c1-17-12-9(13)6-10-11(15-12)16-4-3-14-7-8(16)2-5-18-10/h6,8,14H,2-5,7H2,1H3. The van der Waals surface area contributed by atoms with E-state index in [9.17, 15) is 0 Å². The fourth-order valence-corrected chi connectivity index (χ4v) is 2.72. The Morgan fingerprint density at radius 3 is 3.33 bits per heavy atom. The van der Waals surface area contributed by atoms with E-state index in [4.69, 9.17) is 21.1 Å². The zero-order valence-corrected chi connectivity index (χ0v) is 11.0. The summed E-state index contributed by atoms with van der Waals surface area (Å²) < 4.78 is 10.9. The first-order chi connectivity index (χ1) is 8.79. The van der Waals surface area contributed by atoms with E-state index >= 15 is 0 Å². The molecule has 3 rings (SSSR count). The molecule has 1 saturated heterocycles. The topological polar surface area (TPSA) is 46.6 Å². The molecule has 3 heterocycles. The summed E-state index contributed by atoms with van der Waals surface area (Å²) in [6.07, 6.45) is 0.989. The van der Waals surface area contributed by atoms with Crippen molar-refractivity contribution in [2.45, 2.75) is 12.5 Å². The third-order valence-electron chi connectivity index (χ3n) is 3.41. The van der Waals surface area contributed by atoms with Gasteiger partial charge < -0.3 is 19.7 Å². The van der Waals surface area contributed by atoms with Gasteiger partial charge in [-0.25, -0.2) is 0 Å². The van der Waals surface area contributed by atoms with Crippen LogP contribution in [0, 0.1) is 0 Å². The van der Waals surface area contributed by atoms with Gasteiger partial charge in [-0.1, -0.05) is 11.6 Å². The molecule has 2 aliphatic rings. The quantitative estimate of drug-likeness (QED) is 0.833. The Balaban J connectivity index is 2.04. The SMILES string of the molecule is COc1nc2c(cc1Cl)OCCC1CNCCN21. The van der Waals surface area contributed by atoms with Gasteiger partial charge in [0.05, 0.1) is 13.7 Å². The van der Waals surface area contributed by atoms with Gasteiger partial charge in [-0.05, 0) is 0 Å². The molecule has 5 nitrogen and oxygen atoms in total. The van der Waals surface area contributed by atoms with E-state index in [-0.39, 0.29) is 0 Å². The lowest BCUT2D eigenvalue weighted by Gasteiger charge is -2.35. The Morgan fingerprint density at radius 2 is 2.50 bits per heavy atom. The lowest BCUT2D eigenvalue weighted by molar-refractivity contribution is 0.303. The number of pyridine rings is 1. The predicted molar refractivity (Wildman–Crippen MR) is 69.9 cm³/mol. The second kappa shape index (κ2) is 4.82. The van der Waals surface area contributed by atoms with Gasteiger partial charge in [0.1, 0.15) is 5.02 Å². The van der Waals surface area contributed by atoms with Crippen molar-refractivity contribution in [1.29, 1.82) is 0 Å². The average molecular weight is 270 g/mol. The second-order valence-electron chi connectivity index (χ2n) is 4.49. The number of methoxy groups -OCH3 is 1. The van der Waals surface area contributed by atoms with Crippen LogP contribution in [0.25, 0.3) is 0 Å². The van der Waals surface area contributed by atoms with Gasteiger partial charge in [0, 0.05) is 38.2 Å². The molecule has 0 saturated carbocycles. The summed E-state index contributed by atoms with van der Waals surface area (Å²) in [7, 11) is 1.58. The monoisotopic (exact) mass is 269 g/mol. The number of aromatic nitrogens is 1. The molecule has 1 aromatic heterocycles. The van der Waals surface area contributed by atoms with E-state index in [0.717, 1.165) is 37.6 Å². The van der Waals surface area contributed by atoms with E-state index in [2.05, 4.69) is 15.2 Å². The number of piperazine rings is 1. The number of fused-ring (bicyclic) bond motifs is 3. The van der Waals surface area contributed by atoms with E-state index in [1.165, 1.54) is 0 Å². The lowest BCUT2D eigenvalue weighted by Crippen LogP contribution is -2.51. The summed E-state index contributed by atoms with van der Waals surface area (Å²) in [5, 5.41) is 3.89. The number of hydrogen-bond acceptors (Lipinski definition) is 5. The van der Waals surface area contributed by atoms with Crippen molar-refractivity contribution in [3.63, 3.8) is 0 Å². The van der Waals surface area contributed by atoms with Crippen molar-refractivity contribution in [3.8, 4) is 11.6 Å². The number of nitrogens with one attached hydrogen (secondary N) is 1. The minimum absolute atomic E-state index is 0.429. The van der Waals surface area contributed by atoms with E-state index in [0.29, 0.717) is 23.6 Å². The minimum atomic E-state index is 0.429. The molecule has 18 heavy (non-hydrogen) atoms. The number of anilines is 1. The third kappa shape index (κ3) is 1.97. The van der Waals surface area contributed by atoms with Crippen LogP contribution >= 0.6 is 11.6 Å². The first-order valence-electron chi connectivity index (χ1n) is 6.14. The maximum absolute atomic E-state index is 6.09. The van der Waals surface area contributed by atoms with Gasteiger partial charge in [0.25, 0.3) is 0 Å². The van der Waals surface area contributed by atoms with Gasteiger partial charge >= 0.3 is 0 Å². The van der Waals surface area contributed by atoms with E-state index in [1.54, 1.807) is 13.2 Å². The van der Waals surface area contributed by atoms with Crippen molar-refractivity contribution in [3.05, 3.63) is 11.1 Å². The maximum Gasteiger partial charge on any atom is 0.234 e. The number of hydrogen-bond donors (Lipinski definition) is 1. The second-order valence-corrected chi connectivity index (χ2v) is 4.90. The average Bonchev–Trinajstić information content (AvgIpc) is 2.56. The highest BCUT2D eigenvalue weighted by atomic mass is 35.5. The Hall–Kier alpha value is -1.20. The zero-order chi connectivity index (χ0) is 12.5. The molecule has 0 spiro atoms. The molecule has 1 unspecified atom stereocenters. The molecule has 1 aromatic rings. The summed E-state index contributed by atoms with van der Waals surface area (Å²) in [5.41, 5.74) is 0. The van der Waals surface area contributed by atoms with Gasteiger partial charge in [0.15, 0.2) is 11.6 Å². The van der Waals surface area contributed by atoms with Crippen LogP contribution < -0.4 is 19.7 Å². The molecule has 0 aliphatic carbocycles. The highest BCUT2D eigenvalue weighted by Gasteiger charge is 2.29. The Bertz CT molecular complexity index is 455. The zero-order valence-electron chi connectivity index (χ0n) is 10.3. The molecule has 1 N–H and O–H groups in total. The molecule has 98 valence electrons. The van der Waals surface area contributed by atoms with Crippen molar-refractivity contribution in [2.24, 2.45) is 0 Å². The molecule has 1 fully saturated rings. The van der Waals surface area contributed by atoms with Crippen molar-refractivity contribution in [1.82, 2.24) is 10.3 Å². The van der Waals surface area contributed by atoms with Crippen LogP contribution in [0.2, 0.25) is 5.02 Å².